The van der Waals surface area contributed by atoms with Crippen molar-refractivity contribution in [3.05, 3.63) is 63.4 Å². The molecule has 2 aromatic rings. The van der Waals surface area contributed by atoms with E-state index in [1.54, 1.807) is 24.3 Å². The molecule has 0 fully saturated rings. The average molecular weight is 414 g/mol. The highest BCUT2D eigenvalue weighted by Gasteiger charge is 2.19. The maximum atomic E-state index is 13.9. The molecule has 0 heterocycles. The van der Waals surface area contributed by atoms with Gasteiger partial charge in [-0.1, -0.05) is 43.1 Å². The van der Waals surface area contributed by atoms with Crippen molar-refractivity contribution < 1.29 is 19.0 Å². The minimum Gasteiger partial charge on any atom is -0.488 e. The van der Waals surface area contributed by atoms with Crippen LogP contribution in [0.1, 0.15) is 31.4 Å². The number of carboxylic acid groups (broad SMARTS) is 1. The first-order valence-corrected chi connectivity index (χ1v) is 9.33. The lowest BCUT2D eigenvalue weighted by Crippen LogP contribution is -2.37. The van der Waals surface area contributed by atoms with Crippen molar-refractivity contribution in [2.24, 2.45) is 5.92 Å². The molecule has 0 aliphatic carbocycles. The molecule has 2 aromatic carbocycles. The molecule has 7 heteroatoms. The van der Waals surface area contributed by atoms with Crippen LogP contribution < -0.4 is 10.1 Å². The molecule has 2 rings (SSSR count). The quantitative estimate of drug-likeness (QED) is 0.585. The van der Waals surface area contributed by atoms with Gasteiger partial charge >= 0.3 is 5.97 Å². The van der Waals surface area contributed by atoms with Crippen molar-refractivity contribution in [2.75, 3.05) is 0 Å². The van der Waals surface area contributed by atoms with E-state index in [4.69, 9.17) is 27.9 Å². The number of halogens is 3. The topological polar surface area (TPSA) is 58.6 Å². The van der Waals surface area contributed by atoms with Crippen LogP contribution in [0.5, 0.6) is 5.75 Å². The van der Waals surface area contributed by atoms with E-state index < -0.39 is 17.8 Å². The zero-order valence-electron chi connectivity index (χ0n) is 15.1. The lowest BCUT2D eigenvalue weighted by atomic mass is 10.0. The Bertz CT molecular complexity index is 779. The Morgan fingerprint density at radius 2 is 2.00 bits per heavy atom. The molecule has 27 heavy (non-hydrogen) atoms. The standard InChI is InChI=1S/C20H22Cl2FNO3/c1-12(2)8-18(20(25)26)24-10-13-9-14(21)6-7-19(13)27-11-15-16(22)4-3-5-17(15)23/h3-7,9,12,18,24H,8,10-11H2,1-2H3,(H,25,26). The first kappa shape index (κ1) is 21.5. The normalized spacial score (nSPS) is 12.2. The van der Waals surface area contributed by atoms with Gasteiger partial charge in [0.05, 0.1) is 5.02 Å². The molecule has 0 saturated carbocycles. The second kappa shape index (κ2) is 9.93. The second-order valence-electron chi connectivity index (χ2n) is 6.64. The number of hydrogen-bond acceptors (Lipinski definition) is 3. The van der Waals surface area contributed by atoms with E-state index in [9.17, 15) is 14.3 Å². The fourth-order valence-electron chi connectivity index (χ4n) is 2.62. The highest BCUT2D eigenvalue weighted by atomic mass is 35.5. The highest BCUT2D eigenvalue weighted by Crippen LogP contribution is 2.26. The number of aliphatic carboxylic acids is 1. The van der Waals surface area contributed by atoms with Crippen LogP contribution in [0, 0.1) is 11.7 Å². The van der Waals surface area contributed by atoms with Crippen molar-refractivity contribution >= 4 is 29.2 Å². The molecule has 0 amide bonds. The largest absolute Gasteiger partial charge is 0.488 e. The van der Waals surface area contributed by atoms with Gasteiger partial charge in [-0.25, -0.2) is 4.39 Å². The van der Waals surface area contributed by atoms with Crippen molar-refractivity contribution in [3.8, 4) is 5.75 Å². The Morgan fingerprint density at radius 3 is 2.63 bits per heavy atom. The third-order valence-electron chi connectivity index (χ3n) is 4.00. The number of nitrogens with one attached hydrogen (secondary N) is 1. The Kier molecular flexibility index (Phi) is 7.90. The van der Waals surface area contributed by atoms with E-state index in [1.807, 2.05) is 13.8 Å². The van der Waals surface area contributed by atoms with Gasteiger partial charge < -0.3 is 15.2 Å². The third kappa shape index (κ3) is 6.38. The predicted molar refractivity (Wildman–Crippen MR) is 105 cm³/mol. The predicted octanol–water partition coefficient (Wildman–Crippen LogP) is 5.30. The van der Waals surface area contributed by atoms with Gasteiger partial charge in [-0.3, -0.25) is 4.79 Å². The molecule has 0 radical (unpaired) electrons. The van der Waals surface area contributed by atoms with Crippen LogP contribution in [0.2, 0.25) is 10.0 Å². The summed E-state index contributed by atoms with van der Waals surface area (Å²) in [4.78, 5) is 11.4. The van der Waals surface area contributed by atoms with Crippen LogP contribution in [-0.2, 0) is 17.9 Å². The molecule has 146 valence electrons. The zero-order chi connectivity index (χ0) is 20.0. The maximum absolute atomic E-state index is 13.9. The number of rotatable bonds is 9. The lowest BCUT2D eigenvalue weighted by Gasteiger charge is -2.18. The summed E-state index contributed by atoms with van der Waals surface area (Å²) >= 11 is 12.1. The first-order valence-electron chi connectivity index (χ1n) is 8.58. The van der Waals surface area contributed by atoms with Crippen LogP contribution in [0.4, 0.5) is 4.39 Å². The Hall–Kier alpha value is -1.82. The summed E-state index contributed by atoms with van der Waals surface area (Å²) in [7, 11) is 0. The van der Waals surface area contributed by atoms with Crippen LogP contribution in [0.3, 0.4) is 0 Å². The highest BCUT2D eigenvalue weighted by molar-refractivity contribution is 6.31. The molecule has 0 saturated heterocycles. The second-order valence-corrected chi connectivity index (χ2v) is 7.49. The number of carboxylic acids is 1. The first-order chi connectivity index (χ1) is 12.8. The zero-order valence-corrected chi connectivity index (χ0v) is 16.6. The molecular weight excluding hydrogens is 392 g/mol. The Morgan fingerprint density at radius 1 is 1.26 bits per heavy atom. The molecule has 4 nitrogen and oxygen atoms in total. The Balaban J connectivity index is 2.13. The van der Waals surface area contributed by atoms with E-state index in [0.29, 0.717) is 22.8 Å². The van der Waals surface area contributed by atoms with Gasteiger partial charge in [0.1, 0.15) is 24.2 Å². The van der Waals surface area contributed by atoms with Gasteiger partial charge in [-0.2, -0.15) is 0 Å². The summed E-state index contributed by atoms with van der Waals surface area (Å²) in [5.41, 5.74) is 0.946. The molecule has 1 unspecified atom stereocenters. The van der Waals surface area contributed by atoms with Gasteiger partial charge in [0.2, 0.25) is 0 Å². The molecule has 2 N–H and O–H groups in total. The minimum atomic E-state index is -0.911. The van der Waals surface area contributed by atoms with Crippen LogP contribution >= 0.6 is 23.2 Å². The minimum absolute atomic E-state index is 0.0471. The summed E-state index contributed by atoms with van der Waals surface area (Å²) in [6.07, 6.45) is 0.497. The summed E-state index contributed by atoms with van der Waals surface area (Å²) in [5, 5.41) is 13.2. The molecule has 0 aromatic heterocycles. The molecular formula is C20H22Cl2FNO3. The fourth-order valence-corrected chi connectivity index (χ4v) is 3.04. The average Bonchev–Trinajstić information content (AvgIpc) is 2.59. The monoisotopic (exact) mass is 413 g/mol. The molecule has 0 spiro atoms. The van der Waals surface area contributed by atoms with Crippen LogP contribution in [-0.4, -0.2) is 17.1 Å². The number of ether oxygens (including phenoxy) is 1. The maximum Gasteiger partial charge on any atom is 0.320 e. The Labute approximate surface area is 168 Å². The van der Waals surface area contributed by atoms with E-state index in [-0.39, 0.29) is 29.7 Å². The molecule has 0 aliphatic heterocycles. The van der Waals surface area contributed by atoms with Gasteiger partial charge in [0.25, 0.3) is 0 Å². The fraction of sp³-hybridized carbons (Fsp3) is 0.350. The third-order valence-corrected chi connectivity index (χ3v) is 4.59. The molecule has 0 bridgehead atoms. The van der Waals surface area contributed by atoms with Crippen molar-refractivity contribution in [3.63, 3.8) is 0 Å². The van der Waals surface area contributed by atoms with E-state index >= 15 is 0 Å². The molecule has 1 atom stereocenters. The van der Waals surface area contributed by atoms with E-state index in [0.717, 1.165) is 0 Å². The smallest absolute Gasteiger partial charge is 0.320 e. The number of carbonyl (C=O) groups is 1. The molecule has 0 aliphatic rings. The van der Waals surface area contributed by atoms with Gasteiger partial charge in [0.15, 0.2) is 0 Å². The van der Waals surface area contributed by atoms with Crippen molar-refractivity contribution in [1.82, 2.24) is 5.32 Å². The summed E-state index contributed by atoms with van der Waals surface area (Å²) < 4.78 is 19.7. The van der Waals surface area contributed by atoms with E-state index in [1.165, 1.54) is 12.1 Å². The summed E-state index contributed by atoms with van der Waals surface area (Å²) in [6.45, 7) is 4.13. The van der Waals surface area contributed by atoms with E-state index in [2.05, 4.69) is 5.32 Å². The van der Waals surface area contributed by atoms with Crippen LogP contribution in [0.25, 0.3) is 0 Å². The van der Waals surface area contributed by atoms with Crippen LogP contribution in [0.15, 0.2) is 36.4 Å². The summed E-state index contributed by atoms with van der Waals surface area (Å²) in [5.74, 6) is -0.637. The number of hydrogen-bond donors (Lipinski definition) is 2. The summed E-state index contributed by atoms with van der Waals surface area (Å²) in [6, 6.07) is 8.78. The van der Waals surface area contributed by atoms with Crippen molar-refractivity contribution in [1.29, 1.82) is 0 Å². The van der Waals surface area contributed by atoms with Gasteiger partial charge in [-0.15, -0.1) is 0 Å². The lowest BCUT2D eigenvalue weighted by molar-refractivity contribution is -0.140. The SMILES string of the molecule is CC(C)CC(NCc1cc(Cl)ccc1OCc1c(F)cccc1Cl)C(=O)O. The number of benzene rings is 2. The van der Waals surface area contributed by atoms with Gasteiger partial charge in [0, 0.05) is 22.7 Å². The van der Waals surface area contributed by atoms with Gasteiger partial charge in [-0.05, 0) is 42.7 Å². The van der Waals surface area contributed by atoms with Crippen molar-refractivity contribution in [2.45, 2.75) is 39.5 Å².